The standard InChI is InChI=1S/C21H25N9O2/c1-14-10-25-20(28-27-14)26-12-15(7-9-31)11-23-18-6-5-16(13-24-18)30-19-17(4-3-8-22-19)29(2)21(30)32/h3-6,8,10,13,15,31H,7,9,11-12H2,1-2H3,(H,23,24)(H,25,26,28). The van der Waals surface area contributed by atoms with Crippen molar-refractivity contribution in [2.45, 2.75) is 13.3 Å². The highest BCUT2D eigenvalue weighted by Crippen LogP contribution is 2.16. The van der Waals surface area contributed by atoms with E-state index in [1.54, 1.807) is 40.8 Å². The molecule has 0 bridgehead atoms. The van der Waals surface area contributed by atoms with Crippen LogP contribution < -0.4 is 16.3 Å². The fraction of sp³-hybridized carbons (Fsp3) is 0.333. The Kier molecular flexibility index (Phi) is 6.36. The zero-order chi connectivity index (χ0) is 22.5. The van der Waals surface area contributed by atoms with Crippen LogP contribution in [0.15, 0.2) is 47.7 Å². The molecule has 0 aliphatic heterocycles. The highest BCUT2D eigenvalue weighted by molar-refractivity contribution is 5.73. The highest BCUT2D eigenvalue weighted by atomic mass is 16.3. The van der Waals surface area contributed by atoms with Gasteiger partial charge in [0.15, 0.2) is 5.65 Å². The van der Waals surface area contributed by atoms with E-state index in [0.29, 0.717) is 42.6 Å². The van der Waals surface area contributed by atoms with E-state index in [-0.39, 0.29) is 18.2 Å². The number of fused-ring (bicyclic) bond motifs is 1. The van der Waals surface area contributed by atoms with Gasteiger partial charge in [-0.05, 0) is 43.5 Å². The number of hydrogen-bond acceptors (Lipinski definition) is 9. The van der Waals surface area contributed by atoms with E-state index in [9.17, 15) is 9.90 Å². The average molecular weight is 435 g/mol. The summed E-state index contributed by atoms with van der Waals surface area (Å²) >= 11 is 0. The number of aliphatic hydroxyl groups excluding tert-OH is 1. The van der Waals surface area contributed by atoms with Crippen LogP contribution in [0.3, 0.4) is 0 Å². The number of nitrogens with zero attached hydrogens (tertiary/aromatic N) is 7. The van der Waals surface area contributed by atoms with Gasteiger partial charge in [0.2, 0.25) is 5.95 Å². The predicted molar refractivity (Wildman–Crippen MR) is 121 cm³/mol. The second-order valence-corrected chi connectivity index (χ2v) is 7.49. The highest BCUT2D eigenvalue weighted by Gasteiger charge is 2.14. The summed E-state index contributed by atoms with van der Waals surface area (Å²) in [6, 6.07) is 7.31. The molecule has 11 heteroatoms. The Morgan fingerprint density at radius 2 is 1.91 bits per heavy atom. The monoisotopic (exact) mass is 435 g/mol. The van der Waals surface area contributed by atoms with Gasteiger partial charge in [-0.25, -0.2) is 24.3 Å². The first kappa shape index (κ1) is 21.4. The Labute approximate surface area is 184 Å². The SMILES string of the molecule is Cc1cnc(NCC(CCO)CNc2ccc(-n3c(=O)n(C)c4cccnc43)cn2)nn1. The smallest absolute Gasteiger partial charge is 0.334 e. The van der Waals surface area contributed by atoms with Crippen molar-refractivity contribution in [1.82, 2.24) is 34.3 Å². The number of nitrogens with one attached hydrogen (secondary N) is 2. The fourth-order valence-corrected chi connectivity index (χ4v) is 3.38. The van der Waals surface area contributed by atoms with Crippen molar-refractivity contribution in [3.8, 4) is 5.69 Å². The molecule has 11 nitrogen and oxygen atoms in total. The Bertz CT molecular complexity index is 1230. The van der Waals surface area contributed by atoms with Gasteiger partial charge in [-0.15, -0.1) is 5.10 Å². The molecule has 0 fully saturated rings. The van der Waals surface area contributed by atoms with Gasteiger partial charge in [-0.1, -0.05) is 0 Å². The van der Waals surface area contributed by atoms with E-state index in [2.05, 4.69) is 35.8 Å². The van der Waals surface area contributed by atoms with Gasteiger partial charge in [0, 0.05) is 32.9 Å². The zero-order valence-electron chi connectivity index (χ0n) is 17.9. The van der Waals surface area contributed by atoms with Gasteiger partial charge in [0.05, 0.1) is 29.3 Å². The summed E-state index contributed by atoms with van der Waals surface area (Å²) in [4.78, 5) is 25.6. The molecule has 0 spiro atoms. The maximum absolute atomic E-state index is 12.7. The third kappa shape index (κ3) is 4.57. The molecule has 4 rings (SSSR count). The van der Waals surface area contributed by atoms with Crippen molar-refractivity contribution in [2.75, 3.05) is 30.3 Å². The summed E-state index contributed by atoms with van der Waals surface area (Å²) in [6.45, 7) is 3.07. The maximum Gasteiger partial charge on any atom is 0.334 e. The first-order valence-corrected chi connectivity index (χ1v) is 10.3. The van der Waals surface area contributed by atoms with Gasteiger partial charge in [0.25, 0.3) is 0 Å². The summed E-state index contributed by atoms with van der Waals surface area (Å²) in [5, 5.41) is 23.8. The Morgan fingerprint density at radius 3 is 2.62 bits per heavy atom. The van der Waals surface area contributed by atoms with Gasteiger partial charge in [-0.3, -0.25) is 4.57 Å². The lowest BCUT2D eigenvalue weighted by Crippen LogP contribution is -2.25. The van der Waals surface area contributed by atoms with Crippen molar-refractivity contribution in [2.24, 2.45) is 13.0 Å². The minimum Gasteiger partial charge on any atom is -0.396 e. The van der Waals surface area contributed by atoms with Crippen LogP contribution in [0, 0.1) is 12.8 Å². The topological polar surface area (TPSA) is 136 Å². The van der Waals surface area contributed by atoms with Crippen LogP contribution in [-0.2, 0) is 7.05 Å². The van der Waals surface area contributed by atoms with Crippen LogP contribution in [0.4, 0.5) is 11.8 Å². The molecule has 0 saturated carbocycles. The first-order chi connectivity index (χ1) is 15.6. The van der Waals surface area contributed by atoms with E-state index in [1.165, 1.54) is 0 Å². The molecule has 1 unspecified atom stereocenters. The molecule has 1 atom stereocenters. The molecule has 32 heavy (non-hydrogen) atoms. The normalized spacial score (nSPS) is 12.1. The molecular formula is C21H25N9O2. The molecule has 166 valence electrons. The second kappa shape index (κ2) is 9.52. The molecule has 4 heterocycles. The molecule has 0 aromatic carbocycles. The van der Waals surface area contributed by atoms with Crippen molar-refractivity contribution >= 4 is 22.9 Å². The molecule has 0 saturated heterocycles. The number of aromatic nitrogens is 7. The third-order valence-electron chi connectivity index (χ3n) is 5.16. The molecule has 0 amide bonds. The average Bonchev–Trinajstić information content (AvgIpc) is 3.07. The Hall–Kier alpha value is -3.86. The minimum absolute atomic E-state index is 0.0738. The van der Waals surface area contributed by atoms with Crippen LogP contribution in [0.5, 0.6) is 0 Å². The molecule has 3 N–H and O–H groups in total. The Morgan fingerprint density at radius 1 is 1.06 bits per heavy atom. The molecule has 0 radical (unpaired) electrons. The van der Waals surface area contributed by atoms with E-state index in [0.717, 1.165) is 11.2 Å². The molecule has 4 aromatic heterocycles. The van der Waals surface area contributed by atoms with E-state index in [1.807, 2.05) is 25.1 Å². The molecular weight excluding hydrogens is 410 g/mol. The number of anilines is 2. The molecule has 4 aromatic rings. The van der Waals surface area contributed by atoms with Crippen molar-refractivity contribution in [3.05, 3.63) is 59.0 Å². The summed E-state index contributed by atoms with van der Waals surface area (Å²) in [7, 11) is 1.72. The van der Waals surface area contributed by atoms with Gasteiger partial charge >= 0.3 is 5.69 Å². The lowest BCUT2D eigenvalue weighted by atomic mass is 10.1. The van der Waals surface area contributed by atoms with Crippen LogP contribution in [0.2, 0.25) is 0 Å². The number of aryl methyl sites for hydroxylation is 2. The van der Waals surface area contributed by atoms with Crippen LogP contribution in [-0.4, -0.2) is 59.1 Å². The van der Waals surface area contributed by atoms with Crippen molar-refractivity contribution < 1.29 is 5.11 Å². The van der Waals surface area contributed by atoms with Gasteiger partial charge in [-0.2, -0.15) is 5.10 Å². The minimum atomic E-state index is -0.178. The van der Waals surface area contributed by atoms with Gasteiger partial charge in [0.1, 0.15) is 5.82 Å². The van der Waals surface area contributed by atoms with Crippen molar-refractivity contribution in [1.29, 1.82) is 0 Å². The Balaban J connectivity index is 1.42. The molecule has 0 aliphatic carbocycles. The van der Waals surface area contributed by atoms with Crippen LogP contribution in [0.25, 0.3) is 16.9 Å². The van der Waals surface area contributed by atoms with Crippen LogP contribution in [0.1, 0.15) is 12.1 Å². The molecule has 0 aliphatic rings. The zero-order valence-corrected chi connectivity index (χ0v) is 17.9. The summed E-state index contributed by atoms with van der Waals surface area (Å²) in [6.07, 6.45) is 5.56. The largest absolute Gasteiger partial charge is 0.396 e. The van der Waals surface area contributed by atoms with E-state index in [4.69, 9.17) is 0 Å². The van der Waals surface area contributed by atoms with Gasteiger partial charge < -0.3 is 15.7 Å². The quantitative estimate of drug-likeness (QED) is 0.353. The number of rotatable bonds is 9. The second-order valence-electron chi connectivity index (χ2n) is 7.49. The number of imidazole rings is 1. The lowest BCUT2D eigenvalue weighted by molar-refractivity contribution is 0.263. The predicted octanol–water partition coefficient (Wildman–Crippen LogP) is 1.14. The first-order valence-electron chi connectivity index (χ1n) is 10.3. The van der Waals surface area contributed by atoms with Crippen molar-refractivity contribution in [3.63, 3.8) is 0 Å². The third-order valence-corrected chi connectivity index (χ3v) is 5.16. The number of pyridine rings is 2. The summed E-state index contributed by atoms with van der Waals surface area (Å²) < 4.78 is 3.11. The maximum atomic E-state index is 12.7. The summed E-state index contributed by atoms with van der Waals surface area (Å²) in [5.74, 6) is 1.25. The lowest BCUT2D eigenvalue weighted by Gasteiger charge is -2.17. The fourth-order valence-electron chi connectivity index (χ4n) is 3.38. The van der Waals surface area contributed by atoms with E-state index < -0.39 is 0 Å². The number of hydrogen-bond donors (Lipinski definition) is 3. The van der Waals surface area contributed by atoms with Crippen LogP contribution >= 0.6 is 0 Å². The summed E-state index contributed by atoms with van der Waals surface area (Å²) in [5.41, 5.74) is 2.56. The van der Waals surface area contributed by atoms with E-state index >= 15 is 0 Å². The number of aliphatic hydroxyl groups is 1.